The average molecular weight is 202 g/mol. The Labute approximate surface area is 80.3 Å². The van der Waals surface area contributed by atoms with Crippen molar-refractivity contribution in [2.75, 3.05) is 13.2 Å². The largest absolute Gasteiger partial charge is 0.461 e. The van der Waals surface area contributed by atoms with Crippen LogP contribution in [0.1, 0.15) is 6.92 Å². The SMILES string of the molecule is C=C(C)C(=O)OCC1COC(=O)S1. The van der Waals surface area contributed by atoms with E-state index in [0.29, 0.717) is 12.2 Å². The van der Waals surface area contributed by atoms with E-state index in [0.717, 1.165) is 11.8 Å². The molecule has 0 amide bonds. The fourth-order valence-electron chi connectivity index (χ4n) is 0.739. The van der Waals surface area contributed by atoms with E-state index >= 15 is 0 Å². The second-order valence-electron chi connectivity index (χ2n) is 2.68. The number of esters is 1. The third kappa shape index (κ3) is 3.10. The summed E-state index contributed by atoms with van der Waals surface area (Å²) < 4.78 is 9.51. The van der Waals surface area contributed by atoms with Crippen molar-refractivity contribution >= 4 is 23.0 Å². The predicted octanol–water partition coefficient (Wildman–Crippen LogP) is 1.36. The van der Waals surface area contributed by atoms with Crippen LogP contribution in [0.4, 0.5) is 4.79 Å². The number of hydrogen-bond acceptors (Lipinski definition) is 5. The van der Waals surface area contributed by atoms with Crippen molar-refractivity contribution in [3.8, 4) is 0 Å². The molecule has 0 aromatic rings. The number of thioether (sulfide) groups is 1. The molecular weight excluding hydrogens is 192 g/mol. The number of carbonyl (C=O) groups excluding carboxylic acids is 2. The molecule has 0 aromatic heterocycles. The number of rotatable bonds is 3. The van der Waals surface area contributed by atoms with Crippen LogP contribution in [0.25, 0.3) is 0 Å². The van der Waals surface area contributed by atoms with Crippen molar-refractivity contribution in [2.45, 2.75) is 12.2 Å². The lowest BCUT2D eigenvalue weighted by Crippen LogP contribution is -2.16. The van der Waals surface area contributed by atoms with Crippen molar-refractivity contribution in [3.05, 3.63) is 12.2 Å². The number of cyclic esters (lactones) is 1. The normalized spacial score (nSPS) is 21.0. The Morgan fingerprint density at radius 3 is 3.00 bits per heavy atom. The van der Waals surface area contributed by atoms with Crippen molar-refractivity contribution in [1.82, 2.24) is 0 Å². The maximum Gasteiger partial charge on any atom is 0.367 e. The topological polar surface area (TPSA) is 52.6 Å². The van der Waals surface area contributed by atoms with E-state index in [9.17, 15) is 9.59 Å². The van der Waals surface area contributed by atoms with Crippen molar-refractivity contribution in [2.24, 2.45) is 0 Å². The van der Waals surface area contributed by atoms with Gasteiger partial charge in [-0.15, -0.1) is 0 Å². The highest BCUT2D eigenvalue weighted by Crippen LogP contribution is 2.22. The van der Waals surface area contributed by atoms with Gasteiger partial charge in [0.15, 0.2) is 0 Å². The van der Waals surface area contributed by atoms with E-state index < -0.39 is 5.97 Å². The minimum Gasteiger partial charge on any atom is -0.461 e. The lowest BCUT2D eigenvalue weighted by atomic mass is 10.4. The Hall–Kier alpha value is -0.970. The lowest BCUT2D eigenvalue weighted by molar-refractivity contribution is -0.138. The zero-order valence-electron chi connectivity index (χ0n) is 7.24. The second-order valence-corrected chi connectivity index (χ2v) is 3.92. The summed E-state index contributed by atoms with van der Waals surface area (Å²) in [5, 5.41) is -0.382. The smallest absolute Gasteiger partial charge is 0.367 e. The maximum absolute atomic E-state index is 10.9. The Morgan fingerprint density at radius 2 is 2.54 bits per heavy atom. The molecule has 1 unspecified atom stereocenters. The Kier molecular flexibility index (Phi) is 3.36. The number of carbonyl (C=O) groups is 2. The van der Waals surface area contributed by atoms with Crippen LogP contribution in [0.2, 0.25) is 0 Å². The van der Waals surface area contributed by atoms with Gasteiger partial charge >= 0.3 is 11.3 Å². The molecule has 13 heavy (non-hydrogen) atoms. The maximum atomic E-state index is 10.9. The van der Waals surface area contributed by atoms with Gasteiger partial charge in [0.2, 0.25) is 0 Å². The van der Waals surface area contributed by atoms with Crippen LogP contribution in [-0.4, -0.2) is 29.7 Å². The average Bonchev–Trinajstić information content (AvgIpc) is 2.47. The Balaban J connectivity index is 2.23. The zero-order chi connectivity index (χ0) is 9.84. The van der Waals surface area contributed by atoms with E-state index in [4.69, 9.17) is 4.74 Å². The summed E-state index contributed by atoms with van der Waals surface area (Å²) in [5.74, 6) is -0.431. The highest BCUT2D eigenvalue weighted by molar-refractivity contribution is 8.14. The van der Waals surface area contributed by atoms with E-state index in [1.54, 1.807) is 6.92 Å². The summed E-state index contributed by atoms with van der Waals surface area (Å²) in [5.41, 5.74) is 0.357. The van der Waals surface area contributed by atoms with Gasteiger partial charge in [0.1, 0.15) is 13.2 Å². The summed E-state index contributed by atoms with van der Waals surface area (Å²) in [6.45, 7) is 5.52. The first-order valence-electron chi connectivity index (χ1n) is 3.75. The molecule has 1 rings (SSSR count). The summed E-state index contributed by atoms with van der Waals surface area (Å²) in [6.07, 6.45) is 0. The minimum absolute atomic E-state index is 0.0733. The van der Waals surface area contributed by atoms with Gasteiger partial charge in [-0.25, -0.2) is 9.59 Å². The van der Waals surface area contributed by atoms with Crippen molar-refractivity contribution in [3.63, 3.8) is 0 Å². The molecule has 1 saturated heterocycles. The molecule has 0 radical (unpaired) electrons. The molecule has 0 spiro atoms. The van der Waals surface area contributed by atoms with Crippen molar-refractivity contribution < 1.29 is 19.1 Å². The molecule has 1 fully saturated rings. The Bertz CT molecular complexity index is 249. The summed E-state index contributed by atoms with van der Waals surface area (Å²) in [4.78, 5) is 21.5. The molecule has 0 aromatic carbocycles. The summed E-state index contributed by atoms with van der Waals surface area (Å²) in [6, 6.07) is 0. The molecular formula is C8H10O4S. The van der Waals surface area contributed by atoms with E-state index in [2.05, 4.69) is 11.3 Å². The van der Waals surface area contributed by atoms with Crippen LogP contribution in [0.3, 0.4) is 0 Å². The van der Waals surface area contributed by atoms with Crippen LogP contribution in [-0.2, 0) is 14.3 Å². The van der Waals surface area contributed by atoms with Gasteiger partial charge in [0.25, 0.3) is 0 Å². The molecule has 0 bridgehead atoms. The standard InChI is InChI=1S/C8H10O4S/c1-5(2)7(9)11-3-6-4-12-8(10)13-6/h6H,1,3-4H2,2H3. The highest BCUT2D eigenvalue weighted by atomic mass is 32.2. The van der Waals surface area contributed by atoms with E-state index in [1.165, 1.54) is 0 Å². The molecule has 5 heteroatoms. The van der Waals surface area contributed by atoms with E-state index in [-0.39, 0.29) is 17.2 Å². The molecule has 1 aliphatic rings. The van der Waals surface area contributed by atoms with Crippen LogP contribution >= 0.6 is 11.8 Å². The van der Waals surface area contributed by atoms with E-state index in [1.807, 2.05) is 0 Å². The van der Waals surface area contributed by atoms with Gasteiger partial charge < -0.3 is 9.47 Å². The van der Waals surface area contributed by atoms with Gasteiger partial charge in [-0.1, -0.05) is 6.58 Å². The third-order valence-corrected chi connectivity index (χ3v) is 2.31. The van der Waals surface area contributed by atoms with Crippen LogP contribution < -0.4 is 0 Å². The molecule has 0 aliphatic carbocycles. The number of ether oxygens (including phenoxy) is 2. The first-order chi connectivity index (χ1) is 6.09. The Morgan fingerprint density at radius 1 is 1.85 bits per heavy atom. The van der Waals surface area contributed by atoms with Gasteiger partial charge in [-0.05, 0) is 18.7 Å². The second kappa shape index (κ2) is 4.32. The van der Waals surface area contributed by atoms with Crippen LogP contribution in [0, 0.1) is 0 Å². The molecule has 0 saturated carbocycles. The highest BCUT2D eigenvalue weighted by Gasteiger charge is 2.25. The third-order valence-electron chi connectivity index (χ3n) is 1.40. The molecule has 72 valence electrons. The molecule has 4 nitrogen and oxygen atoms in total. The van der Waals surface area contributed by atoms with Gasteiger partial charge in [-0.3, -0.25) is 0 Å². The minimum atomic E-state index is -0.431. The van der Waals surface area contributed by atoms with Crippen LogP contribution in [0.5, 0.6) is 0 Å². The fraction of sp³-hybridized carbons (Fsp3) is 0.500. The van der Waals surface area contributed by atoms with Gasteiger partial charge in [0, 0.05) is 5.57 Å². The molecule has 1 heterocycles. The van der Waals surface area contributed by atoms with Crippen molar-refractivity contribution in [1.29, 1.82) is 0 Å². The zero-order valence-corrected chi connectivity index (χ0v) is 8.06. The monoisotopic (exact) mass is 202 g/mol. The summed E-state index contributed by atoms with van der Waals surface area (Å²) in [7, 11) is 0. The van der Waals surface area contributed by atoms with Crippen LogP contribution in [0.15, 0.2) is 12.2 Å². The summed E-state index contributed by atoms with van der Waals surface area (Å²) >= 11 is 1.05. The first kappa shape index (κ1) is 10.1. The fourth-order valence-corrected chi connectivity index (χ4v) is 1.42. The molecule has 1 aliphatic heterocycles. The first-order valence-corrected chi connectivity index (χ1v) is 4.63. The quantitative estimate of drug-likeness (QED) is 0.511. The molecule has 0 N–H and O–H groups in total. The van der Waals surface area contributed by atoms with Gasteiger partial charge in [0.05, 0.1) is 5.25 Å². The molecule has 1 atom stereocenters. The van der Waals surface area contributed by atoms with Gasteiger partial charge in [-0.2, -0.15) is 0 Å². The lowest BCUT2D eigenvalue weighted by Gasteiger charge is -2.06. The number of hydrogen-bond donors (Lipinski definition) is 0. The predicted molar refractivity (Wildman–Crippen MR) is 48.5 cm³/mol.